The van der Waals surface area contributed by atoms with E-state index < -0.39 is 0 Å². The standard InChI is InChI=1S/C16H14ClN3O/c1-9-3-4-11(18)6-12(9)13-5-10-8-19-15(17)7-14(10)20(2)16(13)21/h3-8H,18H2,1-2H3. The molecule has 2 heterocycles. The lowest BCUT2D eigenvalue weighted by atomic mass is 10.00. The molecule has 0 aliphatic rings. The van der Waals surface area contributed by atoms with Crippen molar-refractivity contribution in [2.24, 2.45) is 7.05 Å². The second kappa shape index (κ2) is 4.90. The number of pyridine rings is 2. The van der Waals surface area contributed by atoms with E-state index in [0.29, 0.717) is 16.4 Å². The summed E-state index contributed by atoms with van der Waals surface area (Å²) in [5.41, 5.74) is 9.60. The minimum absolute atomic E-state index is 0.0848. The molecule has 0 unspecified atom stereocenters. The fraction of sp³-hybridized carbons (Fsp3) is 0.125. The van der Waals surface area contributed by atoms with Gasteiger partial charge in [-0.15, -0.1) is 0 Å². The van der Waals surface area contributed by atoms with Crippen LogP contribution in [0.3, 0.4) is 0 Å². The van der Waals surface area contributed by atoms with E-state index in [1.807, 2.05) is 31.2 Å². The molecule has 0 bridgehead atoms. The Labute approximate surface area is 126 Å². The van der Waals surface area contributed by atoms with E-state index in [1.54, 1.807) is 23.9 Å². The summed E-state index contributed by atoms with van der Waals surface area (Å²) in [6.07, 6.45) is 1.67. The van der Waals surface area contributed by atoms with Gasteiger partial charge in [-0.1, -0.05) is 17.7 Å². The van der Waals surface area contributed by atoms with Crippen LogP contribution in [-0.2, 0) is 7.05 Å². The first-order valence-corrected chi connectivity index (χ1v) is 6.87. The molecule has 0 saturated carbocycles. The summed E-state index contributed by atoms with van der Waals surface area (Å²) >= 11 is 5.90. The monoisotopic (exact) mass is 299 g/mol. The smallest absolute Gasteiger partial charge is 0.258 e. The number of hydrogen-bond donors (Lipinski definition) is 1. The van der Waals surface area contributed by atoms with Crippen molar-refractivity contribution >= 4 is 28.2 Å². The summed E-state index contributed by atoms with van der Waals surface area (Å²) in [7, 11) is 1.73. The highest BCUT2D eigenvalue weighted by atomic mass is 35.5. The summed E-state index contributed by atoms with van der Waals surface area (Å²) in [5, 5.41) is 1.23. The van der Waals surface area contributed by atoms with Gasteiger partial charge in [-0.2, -0.15) is 0 Å². The van der Waals surface area contributed by atoms with E-state index in [0.717, 1.165) is 22.0 Å². The average Bonchev–Trinajstić information content (AvgIpc) is 2.46. The highest BCUT2D eigenvalue weighted by Gasteiger charge is 2.12. The number of aromatic nitrogens is 2. The Bertz CT molecular complexity index is 915. The predicted octanol–water partition coefficient (Wildman–Crippen LogP) is 3.14. The molecule has 0 fully saturated rings. The van der Waals surface area contributed by atoms with Gasteiger partial charge in [0.05, 0.1) is 5.52 Å². The topological polar surface area (TPSA) is 60.9 Å². The Balaban J connectivity index is 2.39. The molecule has 3 rings (SSSR count). The van der Waals surface area contributed by atoms with Crippen LogP contribution in [-0.4, -0.2) is 9.55 Å². The quantitative estimate of drug-likeness (QED) is 0.554. The number of benzene rings is 1. The number of halogens is 1. The van der Waals surface area contributed by atoms with Crippen molar-refractivity contribution in [3.8, 4) is 11.1 Å². The Hall–Kier alpha value is -2.33. The number of aryl methyl sites for hydroxylation is 2. The maximum absolute atomic E-state index is 12.6. The van der Waals surface area contributed by atoms with Crippen LogP contribution in [0, 0.1) is 6.92 Å². The first kappa shape index (κ1) is 13.6. The molecule has 4 nitrogen and oxygen atoms in total. The van der Waals surface area contributed by atoms with Crippen LogP contribution in [0.4, 0.5) is 5.69 Å². The van der Waals surface area contributed by atoms with Crippen molar-refractivity contribution in [3.63, 3.8) is 0 Å². The second-order valence-corrected chi connectivity index (χ2v) is 5.45. The van der Waals surface area contributed by atoms with Crippen molar-refractivity contribution in [1.29, 1.82) is 0 Å². The zero-order valence-electron chi connectivity index (χ0n) is 11.7. The molecule has 0 amide bonds. The minimum Gasteiger partial charge on any atom is -0.399 e. The molecule has 0 radical (unpaired) electrons. The van der Waals surface area contributed by atoms with E-state index >= 15 is 0 Å². The van der Waals surface area contributed by atoms with E-state index in [9.17, 15) is 4.79 Å². The summed E-state index contributed by atoms with van der Waals surface area (Å²) in [5.74, 6) is 0. The summed E-state index contributed by atoms with van der Waals surface area (Å²) in [6.45, 7) is 1.96. The Kier molecular flexibility index (Phi) is 3.18. The first-order chi connectivity index (χ1) is 9.97. The molecule has 3 aromatic rings. The summed E-state index contributed by atoms with van der Waals surface area (Å²) < 4.78 is 1.58. The van der Waals surface area contributed by atoms with Crippen LogP contribution in [0.2, 0.25) is 5.15 Å². The van der Waals surface area contributed by atoms with E-state index in [2.05, 4.69) is 4.98 Å². The third-order valence-electron chi connectivity index (χ3n) is 3.63. The Morgan fingerprint density at radius 2 is 1.95 bits per heavy atom. The predicted molar refractivity (Wildman–Crippen MR) is 86.6 cm³/mol. The van der Waals surface area contributed by atoms with Gasteiger partial charge in [0.15, 0.2) is 0 Å². The van der Waals surface area contributed by atoms with E-state index in [1.165, 1.54) is 0 Å². The van der Waals surface area contributed by atoms with Gasteiger partial charge in [0.1, 0.15) is 5.15 Å². The third kappa shape index (κ3) is 2.28. The molecule has 5 heteroatoms. The van der Waals surface area contributed by atoms with Crippen LogP contribution in [0.15, 0.2) is 41.3 Å². The molecule has 0 aliphatic heterocycles. The highest BCUT2D eigenvalue weighted by molar-refractivity contribution is 6.30. The van der Waals surface area contributed by atoms with Crippen molar-refractivity contribution in [2.45, 2.75) is 6.92 Å². The molecular weight excluding hydrogens is 286 g/mol. The maximum Gasteiger partial charge on any atom is 0.258 e. The van der Waals surface area contributed by atoms with Crippen molar-refractivity contribution in [1.82, 2.24) is 9.55 Å². The highest BCUT2D eigenvalue weighted by Crippen LogP contribution is 2.26. The van der Waals surface area contributed by atoms with Gasteiger partial charge in [0.2, 0.25) is 0 Å². The van der Waals surface area contributed by atoms with E-state index in [-0.39, 0.29) is 5.56 Å². The fourth-order valence-corrected chi connectivity index (χ4v) is 2.61. The summed E-state index contributed by atoms with van der Waals surface area (Å²) in [4.78, 5) is 16.7. The van der Waals surface area contributed by atoms with Crippen LogP contribution in [0.25, 0.3) is 22.0 Å². The van der Waals surface area contributed by atoms with Crippen molar-refractivity contribution in [3.05, 3.63) is 57.6 Å². The molecular formula is C16H14ClN3O. The van der Waals surface area contributed by atoms with Crippen molar-refractivity contribution in [2.75, 3.05) is 5.73 Å². The number of rotatable bonds is 1. The number of nitrogen functional groups attached to an aromatic ring is 1. The normalized spacial score (nSPS) is 11.0. The van der Waals surface area contributed by atoms with Gasteiger partial charge in [0, 0.05) is 29.9 Å². The first-order valence-electron chi connectivity index (χ1n) is 6.49. The van der Waals surface area contributed by atoms with Gasteiger partial charge in [-0.3, -0.25) is 4.79 Å². The number of hydrogen-bond acceptors (Lipinski definition) is 3. The van der Waals surface area contributed by atoms with Gasteiger partial charge in [0.25, 0.3) is 5.56 Å². The van der Waals surface area contributed by atoms with Gasteiger partial charge in [-0.25, -0.2) is 4.98 Å². The second-order valence-electron chi connectivity index (χ2n) is 5.06. The number of fused-ring (bicyclic) bond motifs is 1. The lowest BCUT2D eigenvalue weighted by molar-refractivity contribution is 0.907. The lowest BCUT2D eigenvalue weighted by Gasteiger charge is -2.11. The zero-order chi connectivity index (χ0) is 15.1. The molecule has 106 valence electrons. The summed E-state index contributed by atoms with van der Waals surface area (Å²) in [6, 6.07) is 9.08. The molecule has 0 atom stereocenters. The number of nitrogens with two attached hydrogens (primary N) is 1. The van der Waals surface area contributed by atoms with Gasteiger partial charge >= 0.3 is 0 Å². The molecule has 0 saturated heterocycles. The number of nitrogens with zero attached hydrogens (tertiary/aromatic N) is 2. The molecule has 2 aromatic heterocycles. The van der Waals surface area contributed by atoms with Gasteiger partial charge in [-0.05, 0) is 42.3 Å². The third-order valence-corrected chi connectivity index (χ3v) is 3.83. The van der Waals surface area contributed by atoms with Gasteiger partial charge < -0.3 is 10.3 Å². The molecule has 1 aromatic carbocycles. The fourth-order valence-electron chi connectivity index (χ4n) is 2.46. The zero-order valence-corrected chi connectivity index (χ0v) is 12.5. The Morgan fingerprint density at radius 3 is 2.71 bits per heavy atom. The van der Waals surface area contributed by atoms with Crippen LogP contribution in [0.5, 0.6) is 0 Å². The minimum atomic E-state index is -0.0848. The van der Waals surface area contributed by atoms with Crippen LogP contribution < -0.4 is 11.3 Å². The lowest BCUT2D eigenvalue weighted by Crippen LogP contribution is -2.19. The molecule has 0 spiro atoms. The average molecular weight is 300 g/mol. The maximum atomic E-state index is 12.6. The number of anilines is 1. The van der Waals surface area contributed by atoms with Crippen LogP contribution in [0.1, 0.15) is 5.56 Å². The van der Waals surface area contributed by atoms with E-state index in [4.69, 9.17) is 17.3 Å². The van der Waals surface area contributed by atoms with Crippen molar-refractivity contribution < 1.29 is 0 Å². The largest absolute Gasteiger partial charge is 0.399 e. The molecule has 0 aliphatic carbocycles. The molecule has 2 N–H and O–H groups in total. The molecule has 21 heavy (non-hydrogen) atoms. The van der Waals surface area contributed by atoms with Crippen LogP contribution >= 0.6 is 11.6 Å². The SMILES string of the molecule is Cc1ccc(N)cc1-c1cc2cnc(Cl)cc2n(C)c1=O. The Morgan fingerprint density at radius 1 is 1.19 bits per heavy atom.